The number of Topliss-reactive ketones (excluding diaryl/α,β-unsaturated/α-hetero) is 1. The quantitative estimate of drug-likeness (QED) is 0.663. The highest BCUT2D eigenvalue weighted by atomic mass is 16.6. The molecule has 3 aliphatic carbocycles. The molecule has 1 aromatic carbocycles. The monoisotopic (exact) mass is 484 g/mol. The number of carbonyl (C=O) groups is 2. The summed E-state index contributed by atoms with van der Waals surface area (Å²) in [5.74, 6) is 0.630. The van der Waals surface area contributed by atoms with Crippen LogP contribution in [0.3, 0.4) is 0 Å². The third-order valence-corrected chi connectivity index (χ3v) is 9.15. The number of aliphatic hydroxyl groups is 1. The molecule has 2 bridgehead atoms. The van der Waals surface area contributed by atoms with Crippen molar-refractivity contribution < 1.29 is 29.3 Å². The van der Waals surface area contributed by atoms with Gasteiger partial charge in [-0.1, -0.05) is 6.07 Å². The van der Waals surface area contributed by atoms with E-state index in [2.05, 4.69) is 4.90 Å². The van der Waals surface area contributed by atoms with E-state index in [1.165, 1.54) is 12.8 Å². The number of nitrogens with zero attached hydrogens (tertiary/aromatic N) is 2. The van der Waals surface area contributed by atoms with Gasteiger partial charge in [0.1, 0.15) is 0 Å². The number of carbonyl (C=O) groups excluding carboxylic acids is 2. The summed E-state index contributed by atoms with van der Waals surface area (Å²) >= 11 is 0. The molecule has 35 heavy (non-hydrogen) atoms. The number of ketones is 1. The average Bonchev–Trinajstić information content (AvgIpc) is 3.51. The van der Waals surface area contributed by atoms with Gasteiger partial charge in [-0.05, 0) is 77.5 Å². The van der Waals surface area contributed by atoms with E-state index in [-0.39, 0.29) is 36.1 Å². The third-order valence-electron chi connectivity index (χ3n) is 9.15. The van der Waals surface area contributed by atoms with Gasteiger partial charge in [0.15, 0.2) is 23.7 Å². The lowest BCUT2D eigenvalue weighted by Crippen LogP contribution is -2.79. The molecule has 2 heterocycles. The summed E-state index contributed by atoms with van der Waals surface area (Å²) in [6.45, 7) is 9.35. The van der Waals surface area contributed by atoms with E-state index < -0.39 is 29.3 Å². The molecule has 0 unspecified atom stereocenters. The second kappa shape index (κ2) is 7.59. The van der Waals surface area contributed by atoms with Gasteiger partial charge < -0.3 is 24.6 Å². The van der Waals surface area contributed by atoms with E-state index in [9.17, 15) is 19.8 Å². The van der Waals surface area contributed by atoms with Crippen molar-refractivity contribution in [2.75, 3.05) is 13.1 Å². The summed E-state index contributed by atoms with van der Waals surface area (Å²) in [7, 11) is 0. The van der Waals surface area contributed by atoms with Crippen molar-refractivity contribution in [3.05, 3.63) is 23.3 Å². The van der Waals surface area contributed by atoms with Crippen molar-refractivity contribution in [2.45, 2.75) is 101 Å². The first-order chi connectivity index (χ1) is 16.6. The lowest BCUT2D eigenvalue weighted by Gasteiger charge is -2.63. The number of phenols is 1. The Kier molecular flexibility index (Phi) is 5.01. The van der Waals surface area contributed by atoms with Gasteiger partial charge in [0.25, 0.3) is 0 Å². The number of piperidine rings is 1. The Balaban J connectivity index is 1.42. The summed E-state index contributed by atoms with van der Waals surface area (Å²) in [5.41, 5.74) is -0.424. The first-order valence-electron chi connectivity index (χ1n) is 13.1. The third kappa shape index (κ3) is 3.05. The van der Waals surface area contributed by atoms with E-state index >= 15 is 0 Å². The summed E-state index contributed by atoms with van der Waals surface area (Å²) < 4.78 is 12.1. The van der Waals surface area contributed by atoms with Crippen molar-refractivity contribution in [3.8, 4) is 11.5 Å². The molecule has 6 rings (SSSR count). The first-order valence-corrected chi connectivity index (χ1v) is 13.1. The highest BCUT2D eigenvalue weighted by Gasteiger charge is 2.75. The summed E-state index contributed by atoms with van der Waals surface area (Å²) in [4.78, 5) is 31.0. The van der Waals surface area contributed by atoms with Gasteiger partial charge in [0.05, 0.1) is 11.0 Å². The molecule has 1 saturated heterocycles. The van der Waals surface area contributed by atoms with Crippen molar-refractivity contribution >= 4 is 11.9 Å². The Morgan fingerprint density at radius 1 is 1.26 bits per heavy atom. The molecule has 8 heteroatoms. The fourth-order valence-corrected chi connectivity index (χ4v) is 7.56. The number of ether oxygens (including phenoxy) is 2. The van der Waals surface area contributed by atoms with Crippen LogP contribution in [-0.4, -0.2) is 80.9 Å². The molecule has 8 nitrogen and oxygen atoms in total. The molecule has 1 aromatic rings. The molecular formula is C27H36N2O6. The summed E-state index contributed by atoms with van der Waals surface area (Å²) in [6.07, 6.45) is 1.01. The Morgan fingerprint density at radius 2 is 1.97 bits per heavy atom. The van der Waals surface area contributed by atoms with E-state index in [0.29, 0.717) is 24.5 Å². The van der Waals surface area contributed by atoms with Crippen LogP contribution in [0.1, 0.15) is 64.5 Å². The molecule has 2 aliphatic heterocycles. The Morgan fingerprint density at radius 3 is 2.63 bits per heavy atom. The molecule has 5 aliphatic rings. The topological polar surface area (TPSA) is 99.5 Å². The standard InChI is InChI=1S/C27H36N2O6/c1-14(2)29(15(3)4)25(32)34-19-12-27(33)20-11-17-7-8-18(30)23-21(17)26(27,24(35-23)22(19)31)9-10-28(20)13-16-5-6-16/h7-8,14-16,19-20,24,30,33H,5-6,9-13H2,1-4H3/t19-,20-,24+,26+,27-/m1/s1. The zero-order valence-corrected chi connectivity index (χ0v) is 21.0. The largest absolute Gasteiger partial charge is 0.504 e. The normalized spacial score (nSPS) is 35.2. The van der Waals surface area contributed by atoms with E-state index in [1.807, 2.05) is 33.8 Å². The SMILES string of the molecule is CC(C)N(C(=O)O[C@@H]1C[C@@]2(O)[C@H]3Cc4ccc(O)c5c4[C@@]2(CCN3CC2CC2)[C@@H](O5)C1=O)C(C)C. The van der Waals surface area contributed by atoms with Crippen molar-refractivity contribution in [3.63, 3.8) is 0 Å². The molecule has 190 valence electrons. The van der Waals surface area contributed by atoms with Gasteiger partial charge in [-0.2, -0.15) is 0 Å². The zero-order chi connectivity index (χ0) is 24.9. The number of hydrogen-bond acceptors (Lipinski definition) is 7. The lowest BCUT2D eigenvalue weighted by atomic mass is 9.48. The predicted molar refractivity (Wildman–Crippen MR) is 128 cm³/mol. The minimum atomic E-state index is -1.31. The molecular weight excluding hydrogens is 448 g/mol. The fraction of sp³-hybridized carbons (Fsp3) is 0.704. The van der Waals surface area contributed by atoms with E-state index in [1.54, 1.807) is 11.0 Å². The number of aromatic hydroxyl groups is 1. The van der Waals surface area contributed by atoms with Crippen LogP contribution in [0.25, 0.3) is 0 Å². The zero-order valence-electron chi connectivity index (χ0n) is 21.0. The second-order valence-electron chi connectivity index (χ2n) is 11.8. The molecule has 1 spiro atoms. The van der Waals surface area contributed by atoms with Gasteiger partial charge in [0.2, 0.25) is 5.78 Å². The van der Waals surface area contributed by atoms with Crippen LogP contribution in [0.2, 0.25) is 0 Å². The van der Waals surface area contributed by atoms with Gasteiger partial charge in [0, 0.05) is 36.7 Å². The summed E-state index contributed by atoms with van der Waals surface area (Å²) in [6, 6.07) is 3.15. The van der Waals surface area contributed by atoms with Crippen LogP contribution in [0.15, 0.2) is 12.1 Å². The van der Waals surface area contributed by atoms with Crippen LogP contribution in [0, 0.1) is 5.92 Å². The number of benzene rings is 1. The smallest absolute Gasteiger partial charge is 0.410 e. The van der Waals surface area contributed by atoms with Crippen LogP contribution in [0.4, 0.5) is 4.79 Å². The molecule has 3 fully saturated rings. The molecule has 2 N–H and O–H groups in total. The first kappa shape index (κ1) is 23.1. The van der Waals surface area contributed by atoms with Gasteiger partial charge >= 0.3 is 6.09 Å². The average molecular weight is 485 g/mol. The molecule has 5 atom stereocenters. The van der Waals surface area contributed by atoms with Crippen LogP contribution in [0.5, 0.6) is 11.5 Å². The minimum Gasteiger partial charge on any atom is -0.504 e. The Hall–Kier alpha value is -2.32. The van der Waals surface area contributed by atoms with Gasteiger partial charge in [-0.25, -0.2) is 4.79 Å². The molecule has 0 radical (unpaired) electrons. The van der Waals surface area contributed by atoms with Crippen LogP contribution < -0.4 is 4.74 Å². The van der Waals surface area contributed by atoms with Crippen molar-refractivity contribution in [1.82, 2.24) is 9.80 Å². The van der Waals surface area contributed by atoms with Gasteiger partial charge in [-0.3, -0.25) is 9.69 Å². The van der Waals surface area contributed by atoms with Crippen LogP contribution in [-0.2, 0) is 21.4 Å². The number of phenolic OH excluding ortho intramolecular Hbond substituents is 1. The van der Waals surface area contributed by atoms with Crippen LogP contribution >= 0.6 is 0 Å². The maximum atomic E-state index is 13.8. The van der Waals surface area contributed by atoms with Crippen molar-refractivity contribution in [2.24, 2.45) is 5.92 Å². The van der Waals surface area contributed by atoms with Crippen molar-refractivity contribution in [1.29, 1.82) is 0 Å². The van der Waals surface area contributed by atoms with Gasteiger partial charge in [-0.15, -0.1) is 0 Å². The Labute approximate surface area is 206 Å². The maximum Gasteiger partial charge on any atom is 0.410 e. The number of likely N-dealkylation sites (tertiary alicyclic amines) is 1. The van der Waals surface area contributed by atoms with E-state index in [0.717, 1.165) is 24.2 Å². The van der Waals surface area contributed by atoms with E-state index in [4.69, 9.17) is 9.47 Å². The lowest BCUT2D eigenvalue weighted by molar-refractivity contribution is -0.205. The maximum absolute atomic E-state index is 13.8. The molecule has 1 amide bonds. The minimum absolute atomic E-state index is 0.0131. The molecule has 0 aromatic heterocycles. The fourth-order valence-electron chi connectivity index (χ4n) is 7.56. The highest BCUT2D eigenvalue weighted by Crippen LogP contribution is 2.65. The highest BCUT2D eigenvalue weighted by molar-refractivity contribution is 5.94. The molecule has 2 saturated carbocycles. The predicted octanol–water partition coefficient (Wildman–Crippen LogP) is 2.76. The number of amides is 1. The summed E-state index contributed by atoms with van der Waals surface area (Å²) in [5, 5.41) is 23.2. The Bertz CT molecular complexity index is 1080. The number of hydrogen-bond donors (Lipinski definition) is 2. The second-order valence-corrected chi connectivity index (χ2v) is 11.8. The number of rotatable bonds is 5.